The highest BCUT2D eigenvalue weighted by atomic mass is 35.5. The molecule has 0 unspecified atom stereocenters. The number of hydrogen-bond acceptors (Lipinski definition) is 7. The lowest BCUT2D eigenvalue weighted by Gasteiger charge is -2.35. The van der Waals surface area contributed by atoms with E-state index in [1.807, 2.05) is 0 Å². The average Bonchev–Trinajstić information content (AvgIpc) is 3.03. The summed E-state index contributed by atoms with van der Waals surface area (Å²) in [6.07, 6.45) is -3.75. The molecule has 2 aliphatic rings. The lowest BCUT2D eigenvalue weighted by atomic mass is 10.2. The second-order valence-electron chi connectivity index (χ2n) is 6.93. The molecule has 168 valence electrons. The summed E-state index contributed by atoms with van der Waals surface area (Å²) in [6.45, 7) is -0.0920. The zero-order chi connectivity index (χ0) is 22.8. The third kappa shape index (κ3) is 5.43. The maximum atomic E-state index is 12.7. The van der Waals surface area contributed by atoms with Crippen LogP contribution in [0.2, 0.25) is 5.02 Å². The normalized spacial score (nSPS) is 17.4. The second kappa shape index (κ2) is 9.08. The molecule has 0 aliphatic carbocycles. The van der Waals surface area contributed by atoms with Gasteiger partial charge in [0.05, 0.1) is 10.6 Å². The SMILES string of the molecule is O=C(CN1C(=O)CCC1=O)OCC(=O)N1CCN(c2ncc(C(F)(F)F)cc2Cl)CC1. The molecule has 2 aliphatic heterocycles. The molecule has 0 aromatic carbocycles. The van der Waals surface area contributed by atoms with Crippen LogP contribution in [0.4, 0.5) is 19.0 Å². The van der Waals surface area contributed by atoms with Crippen LogP contribution in [0.25, 0.3) is 0 Å². The molecule has 1 aromatic heterocycles. The number of imide groups is 1. The first-order valence-electron chi connectivity index (χ1n) is 9.30. The lowest BCUT2D eigenvalue weighted by Crippen LogP contribution is -2.50. The first kappa shape index (κ1) is 22.8. The van der Waals surface area contributed by atoms with Gasteiger partial charge >= 0.3 is 12.1 Å². The van der Waals surface area contributed by atoms with Gasteiger partial charge < -0.3 is 14.5 Å². The Morgan fingerprint density at radius 3 is 2.26 bits per heavy atom. The van der Waals surface area contributed by atoms with Crippen molar-refractivity contribution in [3.63, 3.8) is 0 Å². The summed E-state index contributed by atoms with van der Waals surface area (Å²) in [5, 5.41) is -0.144. The van der Waals surface area contributed by atoms with E-state index in [-0.39, 0.29) is 49.9 Å². The Kier molecular flexibility index (Phi) is 6.68. The molecule has 0 atom stereocenters. The summed E-state index contributed by atoms with van der Waals surface area (Å²) in [5.41, 5.74) is -0.950. The van der Waals surface area contributed by atoms with Crippen molar-refractivity contribution in [1.29, 1.82) is 0 Å². The minimum Gasteiger partial charge on any atom is -0.454 e. The number of alkyl halides is 3. The molecule has 31 heavy (non-hydrogen) atoms. The molecule has 2 fully saturated rings. The highest BCUT2D eigenvalue weighted by Gasteiger charge is 2.33. The third-order valence-corrected chi connectivity index (χ3v) is 5.16. The number of anilines is 1. The van der Waals surface area contributed by atoms with E-state index in [0.717, 1.165) is 11.0 Å². The predicted octanol–water partition coefficient (Wildman–Crippen LogP) is 1.09. The summed E-state index contributed by atoms with van der Waals surface area (Å²) >= 11 is 5.95. The van der Waals surface area contributed by atoms with Crippen molar-refractivity contribution in [2.45, 2.75) is 19.0 Å². The van der Waals surface area contributed by atoms with Crippen LogP contribution in [-0.4, -0.2) is 77.8 Å². The topological polar surface area (TPSA) is 100 Å². The van der Waals surface area contributed by atoms with Crippen molar-refractivity contribution >= 4 is 41.1 Å². The van der Waals surface area contributed by atoms with Crippen LogP contribution in [0.15, 0.2) is 12.3 Å². The van der Waals surface area contributed by atoms with E-state index < -0.39 is 48.6 Å². The number of carbonyl (C=O) groups excluding carboxylic acids is 4. The number of piperazine rings is 1. The van der Waals surface area contributed by atoms with Crippen molar-refractivity contribution in [2.75, 3.05) is 44.2 Å². The van der Waals surface area contributed by atoms with Crippen molar-refractivity contribution in [2.24, 2.45) is 0 Å². The van der Waals surface area contributed by atoms with Crippen LogP contribution in [0.1, 0.15) is 18.4 Å². The van der Waals surface area contributed by atoms with Gasteiger partial charge in [0.1, 0.15) is 12.4 Å². The van der Waals surface area contributed by atoms with Crippen molar-refractivity contribution in [1.82, 2.24) is 14.8 Å². The number of nitrogens with zero attached hydrogens (tertiary/aromatic N) is 4. The van der Waals surface area contributed by atoms with Gasteiger partial charge in [-0.25, -0.2) is 4.98 Å². The monoisotopic (exact) mass is 462 g/mol. The van der Waals surface area contributed by atoms with Gasteiger partial charge in [-0.15, -0.1) is 0 Å². The number of amides is 3. The smallest absolute Gasteiger partial charge is 0.417 e. The van der Waals surface area contributed by atoms with Crippen LogP contribution in [0, 0.1) is 0 Å². The molecule has 0 N–H and O–H groups in total. The average molecular weight is 463 g/mol. The zero-order valence-corrected chi connectivity index (χ0v) is 16.9. The summed E-state index contributed by atoms with van der Waals surface area (Å²) in [6, 6.07) is 0.802. The van der Waals surface area contributed by atoms with E-state index in [1.54, 1.807) is 4.90 Å². The highest BCUT2D eigenvalue weighted by Crippen LogP contribution is 2.33. The van der Waals surface area contributed by atoms with Crippen LogP contribution in [-0.2, 0) is 30.1 Å². The number of ether oxygens (including phenoxy) is 1. The molecular formula is C18H18ClF3N4O5. The van der Waals surface area contributed by atoms with E-state index in [9.17, 15) is 32.3 Å². The molecule has 3 heterocycles. The first-order chi connectivity index (χ1) is 14.6. The lowest BCUT2D eigenvalue weighted by molar-refractivity contribution is -0.156. The van der Waals surface area contributed by atoms with Crippen molar-refractivity contribution < 1.29 is 37.1 Å². The van der Waals surface area contributed by atoms with Crippen molar-refractivity contribution in [3.05, 3.63) is 22.8 Å². The number of likely N-dealkylation sites (tertiary alicyclic amines) is 1. The Bertz CT molecular complexity index is 887. The van der Waals surface area contributed by atoms with Crippen molar-refractivity contribution in [3.8, 4) is 0 Å². The summed E-state index contributed by atoms with van der Waals surface area (Å²) in [7, 11) is 0. The fourth-order valence-electron chi connectivity index (χ4n) is 3.19. The van der Waals surface area contributed by atoms with Gasteiger partial charge in [0.15, 0.2) is 6.61 Å². The Morgan fingerprint density at radius 2 is 1.71 bits per heavy atom. The molecule has 3 rings (SSSR count). The van der Waals surface area contributed by atoms with Crippen LogP contribution in [0.3, 0.4) is 0 Å². The number of carbonyl (C=O) groups is 4. The fraction of sp³-hybridized carbons (Fsp3) is 0.500. The van der Waals surface area contributed by atoms with E-state index >= 15 is 0 Å². The van der Waals surface area contributed by atoms with Gasteiger partial charge in [-0.2, -0.15) is 13.2 Å². The standard InChI is InChI=1S/C18H18ClF3N4O5/c19-12-7-11(18(20,21)22)8-23-17(12)25-5-3-24(4-6-25)15(29)10-31-16(30)9-26-13(27)1-2-14(26)28/h7-8H,1-6,9-10H2. The number of aromatic nitrogens is 1. The molecule has 0 spiro atoms. The summed E-state index contributed by atoms with van der Waals surface area (Å²) in [5.74, 6) is -2.07. The molecule has 13 heteroatoms. The van der Waals surface area contributed by atoms with Gasteiger partial charge in [-0.05, 0) is 6.07 Å². The van der Waals surface area contributed by atoms with Crippen LogP contribution < -0.4 is 4.90 Å². The highest BCUT2D eigenvalue weighted by molar-refractivity contribution is 6.33. The first-order valence-corrected chi connectivity index (χ1v) is 9.68. The molecule has 0 radical (unpaired) electrons. The van der Waals surface area contributed by atoms with Gasteiger partial charge in [0.25, 0.3) is 5.91 Å². The van der Waals surface area contributed by atoms with E-state index in [0.29, 0.717) is 6.20 Å². The van der Waals surface area contributed by atoms with Crippen LogP contribution in [0.5, 0.6) is 0 Å². The van der Waals surface area contributed by atoms with Gasteiger partial charge in [-0.1, -0.05) is 11.6 Å². The maximum absolute atomic E-state index is 12.7. The number of rotatable bonds is 5. The number of pyridine rings is 1. The molecule has 3 amide bonds. The van der Waals surface area contributed by atoms with E-state index in [1.165, 1.54) is 4.90 Å². The summed E-state index contributed by atoms with van der Waals surface area (Å²) in [4.78, 5) is 54.7. The third-order valence-electron chi connectivity index (χ3n) is 4.88. The second-order valence-corrected chi connectivity index (χ2v) is 7.34. The van der Waals surface area contributed by atoms with Gasteiger partial charge in [-0.3, -0.25) is 24.1 Å². The Balaban J connectivity index is 1.47. The number of esters is 1. The Hall–Kier alpha value is -2.89. The Labute approximate surface area is 179 Å². The molecule has 9 nitrogen and oxygen atoms in total. The minimum absolute atomic E-state index is 0.0487. The number of hydrogen-bond donors (Lipinski definition) is 0. The molecule has 1 aromatic rings. The fourth-order valence-corrected chi connectivity index (χ4v) is 3.48. The predicted molar refractivity (Wildman–Crippen MR) is 100.0 cm³/mol. The maximum Gasteiger partial charge on any atom is 0.417 e. The largest absolute Gasteiger partial charge is 0.454 e. The van der Waals surface area contributed by atoms with Gasteiger partial charge in [0.2, 0.25) is 11.8 Å². The Morgan fingerprint density at radius 1 is 1.10 bits per heavy atom. The number of halogens is 4. The quantitative estimate of drug-likeness (QED) is 0.477. The molecule has 0 bridgehead atoms. The van der Waals surface area contributed by atoms with Gasteiger partial charge in [0, 0.05) is 45.2 Å². The van der Waals surface area contributed by atoms with Crippen LogP contribution >= 0.6 is 11.6 Å². The van der Waals surface area contributed by atoms with E-state index in [4.69, 9.17) is 16.3 Å². The summed E-state index contributed by atoms with van der Waals surface area (Å²) < 4.78 is 43.1. The molecule has 0 saturated carbocycles. The van der Waals surface area contributed by atoms with E-state index in [2.05, 4.69) is 4.98 Å². The minimum atomic E-state index is -4.55. The molecular weight excluding hydrogens is 445 g/mol. The molecule has 2 saturated heterocycles. The zero-order valence-electron chi connectivity index (χ0n) is 16.2.